The molecule has 2 aromatic rings. The van der Waals surface area contributed by atoms with Gasteiger partial charge in [-0.1, -0.05) is 50.5 Å². The maximum atomic E-state index is 3.84. The molecular formula is C23H32N2. The number of para-hydroxylation sites is 1. The van der Waals surface area contributed by atoms with Gasteiger partial charge in [-0.25, -0.2) is 0 Å². The molecule has 0 spiro atoms. The van der Waals surface area contributed by atoms with E-state index in [0.29, 0.717) is 6.04 Å². The molecule has 1 N–H and O–H groups in total. The molecule has 2 aliphatic rings. The van der Waals surface area contributed by atoms with E-state index in [1.54, 1.807) is 11.1 Å². The van der Waals surface area contributed by atoms with Crippen molar-refractivity contribution in [1.82, 2.24) is 9.88 Å². The maximum Gasteiger partial charge on any atom is 0.0485 e. The van der Waals surface area contributed by atoms with Gasteiger partial charge in [-0.15, -0.1) is 0 Å². The summed E-state index contributed by atoms with van der Waals surface area (Å²) < 4.78 is 2.46. The van der Waals surface area contributed by atoms with Gasteiger partial charge in [-0.05, 0) is 61.8 Å². The van der Waals surface area contributed by atoms with Crippen molar-refractivity contribution in [3.8, 4) is 0 Å². The van der Waals surface area contributed by atoms with Crippen molar-refractivity contribution in [2.24, 2.45) is 13.0 Å². The van der Waals surface area contributed by atoms with Gasteiger partial charge in [0.25, 0.3) is 0 Å². The second kappa shape index (κ2) is 7.37. The number of hydrogen-bond donors (Lipinski definition) is 1. The zero-order valence-corrected chi connectivity index (χ0v) is 15.9. The summed E-state index contributed by atoms with van der Waals surface area (Å²) >= 11 is 0. The molecule has 1 fully saturated rings. The molecule has 0 radical (unpaired) electrons. The number of benzene rings is 1. The number of nitrogens with one attached hydrogen (secondary N) is 1. The third-order valence-electron chi connectivity index (χ3n) is 6.08. The molecule has 2 heteroatoms. The predicted octanol–water partition coefficient (Wildman–Crippen LogP) is 5.46. The van der Waals surface area contributed by atoms with Crippen LogP contribution >= 0.6 is 0 Å². The quantitative estimate of drug-likeness (QED) is 0.693. The third-order valence-corrected chi connectivity index (χ3v) is 6.08. The fourth-order valence-electron chi connectivity index (χ4n) is 4.55. The fourth-order valence-corrected chi connectivity index (χ4v) is 4.55. The van der Waals surface area contributed by atoms with Crippen LogP contribution < -0.4 is 5.32 Å². The molecule has 0 amide bonds. The standard InChI is InChI=1S/C23H32N2/c1-3-4-5-6-9-18-16-21(17-12-13-17)24-15-14-20-19-10-7-8-11-22(19)25(2)23(18)20/h7-8,10-11,16-17,21,24H,3-6,9,12-15H2,1-2H3/b18-16-. The fraction of sp³-hybridized carbons (Fsp3) is 0.565. The van der Waals surface area contributed by atoms with Crippen molar-refractivity contribution >= 4 is 16.5 Å². The smallest absolute Gasteiger partial charge is 0.0485 e. The Kier molecular flexibility index (Phi) is 4.98. The van der Waals surface area contributed by atoms with E-state index in [2.05, 4.69) is 54.2 Å². The lowest BCUT2D eigenvalue weighted by Gasteiger charge is -2.22. The molecular weight excluding hydrogens is 304 g/mol. The van der Waals surface area contributed by atoms with E-state index >= 15 is 0 Å². The highest BCUT2D eigenvalue weighted by atomic mass is 15.0. The average Bonchev–Trinajstić information content (AvgIpc) is 3.41. The van der Waals surface area contributed by atoms with Crippen LogP contribution in [0.2, 0.25) is 0 Å². The topological polar surface area (TPSA) is 17.0 Å². The summed E-state index contributed by atoms with van der Waals surface area (Å²) in [5, 5.41) is 5.29. The van der Waals surface area contributed by atoms with Gasteiger partial charge in [-0.3, -0.25) is 0 Å². The van der Waals surface area contributed by atoms with Crippen LogP contribution in [0.25, 0.3) is 16.5 Å². The van der Waals surface area contributed by atoms with Crippen LogP contribution in [0.3, 0.4) is 0 Å². The van der Waals surface area contributed by atoms with Crippen LogP contribution in [0, 0.1) is 5.92 Å². The first-order chi connectivity index (χ1) is 12.3. The summed E-state index contributed by atoms with van der Waals surface area (Å²) in [7, 11) is 2.27. The van der Waals surface area contributed by atoms with Crippen LogP contribution in [0.1, 0.15) is 63.1 Å². The van der Waals surface area contributed by atoms with E-state index in [1.165, 1.54) is 61.5 Å². The van der Waals surface area contributed by atoms with Crippen molar-refractivity contribution in [2.75, 3.05) is 6.54 Å². The summed E-state index contributed by atoms with van der Waals surface area (Å²) in [4.78, 5) is 0. The highest BCUT2D eigenvalue weighted by Gasteiger charge is 2.31. The van der Waals surface area contributed by atoms with Gasteiger partial charge < -0.3 is 9.88 Å². The second-order valence-corrected chi connectivity index (χ2v) is 7.97. The number of hydrogen-bond acceptors (Lipinski definition) is 1. The largest absolute Gasteiger partial charge is 0.344 e. The normalized spacial score (nSPS) is 23.0. The molecule has 1 saturated carbocycles. The number of allylic oxidation sites excluding steroid dienone is 1. The minimum atomic E-state index is 0.590. The van der Waals surface area contributed by atoms with Gasteiger partial charge in [0.15, 0.2) is 0 Å². The molecule has 0 bridgehead atoms. The Balaban J connectivity index is 1.74. The highest BCUT2D eigenvalue weighted by molar-refractivity contribution is 5.90. The molecule has 1 atom stereocenters. The molecule has 2 heterocycles. The summed E-state index contributed by atoms with van der Waals surface area (Å²) in [5.74, 6) is 0.877. The molecule has 2 nitrogen and oxygen atoms in total. The van der Waals surface area contributed by atoms with Crippen molar-refractivity contribution < 1.29 is 0 Å². The molecule has 0 saturated heterocycles. The van der Waals surface area contributed by atoms with E-state index in [0.717, 1.165) is 18.9 Å². The van der Waals surface area contributed by atoms with Gasteiger partial charge in [0, 0.05) is 29.7 Å². The Morgan fingerprint density at radius 2 is 1.96 bits per heavy atom. The lowest BCUT2D eigenvalue weighted by atomic mass is 9.93. The minimum Gasteiger partial charge on any atom is -0.344 e. The highest BCUT2D eigenvalue weighted by Crippen LogP contribution is 2.38. The summed E-state index contributed by atoms with van der Waals surface area (Å²) in [6, 6.07) is 9.54. The SMILES string of the molecule is CCCCCC/C1=C/C(C2CC2)NCCc2c1n(C)c1ccccc21. The number of fused-ring (bicyclic) bond motifs is 3. The summed E-state index contributed by atoms with van der Waals surface area (Å²) in [5.41, 5.74) is 6.05. The Morgan fingerprint density at radius 1 is 1.12 bits per heavy atom. The van der Waals surface area contributed by atoms with Crippen LogP contribution in [0.15, 0.2) is 30.3 Å². The van der Waals surface area contributed by atoms with Crippen molar-refractivity contribution in [1.29, 1.82) is 0 Å². The zero-order chi connectivity index (χ0) is 17.2. The van der Waals surface area contributed by atoms with Crippen molar-refractivity contribution in [3.63, 3.8) is 0 Å². The van der Waals surface area contributed by atoms with E-state index in [-0.39, 0.29) is 0 Å². The molecule has 1 aliphatic carbocycles. The van der Waals surface area contributed by atoms with Crippen molar-refractivity contribution in [2.45, 2.75) is 64.3 Å². The first-order valence-electron chi connectivity index (χ1n) is 10.3. The van der Waals surface area contributed by atoms with Gasteiger partial charge >= 0.3 is 0 Å². The Morgan fingerprint density at radius 3 is 2.76 bits per heavy atom. The third kappa shape index (κ3) is 3.42. The van der Waals surface area contributed by atoms with Gasteiger partial charge in [0.05, 0.1) is 0 Å². The van der Waals surface area contributed by atoms with Crippen LogP contribution in [0.4, 0.5) is 0 Å². The Bertz CT molecular complexity index is 764. The van der Waals surface area contributed by atoms with Gasteiger partial charge in [-0.2, -0.15) is 0 Å². The van der Waals surface area contributed by atoms with Gasteiger partial charge in [0.1, 0.15) is 0 Å². The first kappa shape index (κ1) is 16.9. The lowest BCUT2D eigenvalue weighted by Crippen LogP contribution is -2.32. The van der Waals surface area contributed by atoms with E-state index in [4.69, 9.17) is 0 Å². The number of aryl methyl sites for hydroxylation is 1. The first-order valence-corrected chi connectivity index (χ1v) is 10.3. The number of aromatic nitrogens is 1. The van der Waals surface area contributed by atoms with Crippen molar-refractivity contribution in [3.05, 3.63) is 41.6 Å². The average molecular weight is 337 g/mol. The molecule has 1 unspecified atom stereocenters. The number of rotatable bonds is 6. The minimum absolute atomic E-state index is 0.590. The molecule has 134 valence electrons. The zero-order valence-electron chi connectivity index (χ0n) is 15.9. The van der Waals surface area contributed by atoms with E-state index < -0.39 is 0 Å². The Labute approximate surface area is 152 Å². The van der Waals surface area contributed by atoms with Crippen LogP contribution in [0.5, 0.6) is 0 Å². The summed E-state index contributed by atoms with van der Waals surface area (Å²) in [6.45, 7) is 3.39. The van der Waals surface area contributed by atoms with Gasteiger partial charge in [0.2, 0.25) is 0 Å². The molecule has 1 aromatic heterocycles. The second-order valence-electron chi connectivity index (χ2n) is 7.97. The predicted molar refractivity (Wildman–Crippen MR) is 108 cm³/mol. The van der Waals surface area contributed by atoms with E-state index in [1.807, 2.05) is 0 Å². The van der Waals surface area contributed by atoms with E-state index in [9.17, 15) is 0 Å². The summed E-state index contributed by atoms with van der Waals surface area (Å²) in [6.07, 6.45) is 13.1. The van der Waals surface area contributed by atoms with Crippen LogP contribution in [-0.2, 0) is 13.5 Å². The lowest BCUT2D eigenvalue weighted by molar-refractivity contribution is 0.538. The molecule has 1 aliphatic heterocycles. The molecule has 25 heavy (non-hydrogen) atoms. The van der Waals surface area contributed by atoms with Crippen LogP contribution in [-0.4, -0.2) is 17.2 Å². The monoisotopic (exact) mass is 336 g/mol. The Hall–Kier alpha value is -1.54. The maximum absolute atomic E-state index is 3.84. The number of unbranched alkanes of at least 4 members (excludes halogenated alkanes) is 3. The number of nitrogens with zero attached hydrogens (tertiary/aromatic N) is 1. The molecule has 1 aromatic carbocycles. The molecule has 4 rings (SSSR count).